The first-order valence-electron chi connectivity index (χ1n) is 8.66. The monoisotopic (exact) mass is 345 g/mol. The lowest BCUT2D eigenvalue weighted by molar-refractivity contribution is -0.129. The Balaban J connectivity index is 2.15. The van der Waals surface area contributed by atoms with Crippen molar-refractivity contribution in [3.8, 4) is 0 Å². The average molecular weight is 345 g/mol. The van der Waals surface area contributed by atoms with E-state index in [2.05, 4.69) is 30.5 Å². The number of carbonyl (C=O) groups is 3. The van der Waals surface area contributed by atoms with Crippen LogP contribution in [0, 0.1) is 0 Å². The topological polar surface area (TPSA) is 101 Å². The Hall–Kier alpha value is -2.37. The third kappa shape index (κ3) is 4.81. The molecule has 6 nitrogen and oxygen atoms in total. The van der Waals surface area contributed by atoms with Crippen molar-refractivity contribution in [3.63, 3.8) is 0 Å². The summed E-state index contributed by atoms with van der Waals surface area (Å²) in [4.78, 5) is 35.0. The quantitative estimate of drug-likeness (QED) is 0.731. The Morgan fingerprint density at radius 3 is 2.60 bits per heavy atom. The summed E-state index contributed by atoms with van der Waals surface area (Å²) < 4.78 is 0. The van der Waals surface area contributed by atoms with E-state index in [9.17, 15) is 14.4 Å². The summed E-state index contributed by atoms with van der Waals surface area (Å²) in [7, 11) is 0. The molecule has 1 aromatic carbocycles. The molecule has 3 amide bonds. The fraction of sp³-hybridized carbons (Fsp3) is 0.526. The summed E-state index contributed by atoms with van der Waals surface area (Å²) in [6.07, 6.45) is 2.03. The average Bonchev–Trinajstić information content (AvgIpc) is 2.54. The van der Waals surface area contributed by atoms with Gasteiger partial charge in [0.25, 0.3) is 0 Å². The van der Waals surface area contributed by atoms with Crippen LogP contribution in [-0.2, 0) is 19.8 Å². The summed E-state index contributed by atoms with van der Waals surface area (Å²) >= 11 is 0. The summed E-state index contributed by atoms with van der Waals surface area (Å²) in [6, 6.07) is 7.27. The van der Waals surface area contributed by atoms with Crippen molar-refractivity contribution in [2.24, 2.45) is 5.73 Å². The number of nitrogens with two attached hydrogens (primary N) is 1. The van der Waals surface area contributed by atoms with Crippen LogP contribution in [-0.4, -0.2) is 23.8 Å². The third-order valence-corrected chi connectivity index (χ3v) is 4.81. The maximum Gasteiger partial charge on any atom is 0.243 e. The second-order valence-corrected chi connectivity index (χ2v) is 7.33. The number of nitrogens with one attached hydrogen (secondary N) is 2. The second-order valence-electron chi connectivity index (χ2n) is 7.33. The Kier molecular flexibility index (Phi) is 5.82. The summed E-state index contributed by atoms with van der Waals surface area (Å²) in [6.45, 7) is 5.76. The lowest BCUT2D eigenvalue weighted by atomic mass is 9.71. The van der Waals surface area contributed by atoms with E-state index < -0.39 is 11.9 Å². The molecular formula is C19H27N3O3. The van der Waals surface area contributed by atoms with Crippen LogP contribution < -0.4 is 16.4 Å². The van der Waals surface area contributed by atoms with E-state index in [1.165, 1.54) is 12.5 Å². The highest BCUT2D eigenvalue weighted by molar-refractivity contribution is 5.87. The van der Waals surface area contributed by atoms with E-state index in [1.807, 2.05) is 18.2 Å². The van der Waals surface area contributed by atoms with Gasteiger partial charge >= 0.3 is 0 Å². The predicted octanol–water partition coefficient (Wildman–Crippen LogP) is 1.69. The van der Waals surface area contributed by atoms with Crippen LogP contribution in [0.1, 0.15) is 63.6 Å². The van der Waals surface area contributed by atoms with Crippen molar-refractivity contribution in [2.75, 3.05) is 0 Å². The SMILES string of the molecule is CC(=O)N[C@@H](CCC(N)=O)C(=O)N[C@@H]1CCC(C)(C)c2ccccc21. The van der Waals surface area contributed by atoms with Crippen LogP contribution in [0.15, 0.2) is 24.3 Å². The van der Waals surface area contributed by atoms with Crippen LogP contribution in [0.5, 0.6) is 0 Å². The van der Waals surface area contributed by atoms with Gasteiger partial charge in [0.15, 0.2) is 0 Å². The van der Waals surface area contributed by atoms with Gasteiger partial charge in [0, 0.05) is 13.3 Å². The van der Waals surface area contributed by atoms with Crippen LogP contribution in [0.3, 0.4) is 0 Å². The maximum absolute atomic E-state index is 12.7. The van der Waals surface area contributed by atoms with Gasteiger partial charge in [-0.25, -0.2) is 0 Å². The molecule has 4 N–H and O–H groups in total. The largest absolute Gasteiger partial charge is 0.370 e. The van der Waals surface area contributed by atoms with E-state index in [0.29, 0.717) is 0 Å². The molecule has 0 radical (unpaired) electrons. The fourth-order valence-electron chi connectivity index (χ4n) is 3.44. The molecule has 1 aromatic rings. The fourth-order valence-corrected chi connectivity index (χ4v) is 3.44. The molecule has 0 saturated carbocycles. The van der Waals surface area contributed by atoms with Gasteiger partial charge < -0.3 is 16.4 Å². The van der Waals surface area contributed by atoms with Crippen molar-refractivity contribution in [1.82, 2.24) is 10.6 Å². The highest BCUT2D eigenvalue weighted by Crippen LogP contribution is 2.41. The zero-order valence-corrected chi connectivity index (χ0v) is 15.1. The van der Waals surface area contributed by atoms with Crippen LogP contribution >= 0.6 is 0 Å². The lowest BCUT2D eigenvalue weighted by Crippen LogP contribution is -2.48. The Bertz CT molecular complexity index is 670. The highest BCUT2D eigenvalue weighted by Gasteiger charge is 2.34. The highest BCUT2D eigenvalue weighted by atomic mass is 16.2. The van der Waals surface area contributed by atoms with Crippen LogP contribution in [0.25, 0.3) is 0 Å². The number of rotatable bonds is 6. The molecule has 136 valence electrons. The molecule has 2 atom stereocenters. The van der Waals surface area contributed by atoms with Crippen molar-refractivity contribution in [2.45, 2.75) is 64.0 Å². The number of amides is 3. The van der Waals surface area contributed by atoms with E-state index >= 15 is 0 Å². The van der Waals surface area contributed by atoms with Crippen molar-refractivity contribution in [3.05, 3.63) is 35.4 Å². The number of benzene rings is 1. The molecule has 0 aliphatic heterocycles. The third-order valence-electron chi connectivity index (χ3n) is 4.81. The molecule has 0 unspecified atom stereocenters. The first-order chi connectivity index (χ1) is 11.7. The molecule has 0 bridgehead atoms. The normalized spacial score (nSPS) is 19.4. The molecule has 2 rings (SSSR count). The van der Waals surface area contributed by atoms with Gasteiger partial charge in [-0.1, -0.05) is 38.1 Å². The van der Waals surface area contributed by atoms with Gasteiger partial charge in [0.2, 0.25) is 17.7 Å². The molecule has 0 spiro atoms. The van der Waals surface area contributed by atoms with Gasteiger partial charge in [-0.15, -0.1) is 0 Å². The Morgan fingerprint density at radius 1 is 1.28 bits per heavy atom. The Labute approximate surface area is 148 Å². The van der Waals surface area contributed by atoms with E-state index in [0.717, 1.165) is 18.4 Å². The first kappa shape index (κ1) is 19.0. The molecule has 0 aromatic heterocycles. The number of fused-ring (bicyclic) bond motifs is 1. The number of hydrogen-bond donors (Lipinski definition) is 3. The van der Waals surface area contributed by atoms with Crippen molar-refractivity contribution >= 4 is 17.7 Å². The van der Waals surface area contributed by atoms with E-state index in [1.54, 1.807) is 0 Å². The smallest absolute Gasteiger partial charge is 0.243 e. The molecule has 0 saturated heterocycles. The molecule has 1 aliphatic rings. The number of carbonyl (C=O) groups excluding carboxylic acids is 3. The van der Waals surface area contributed by atoms with Gasteiger partial charge in [0.1, 0.15) is 6.04 Å². The van der Waals surface area contributed by atoms with Crippen LogP contribution in [0.2, 0.25) is 0 Å². The minimum absolute atomic E-state index is 0.0483. The van der Waals surface area contributed by atoms with E-state index in [4.69, 9.17) is 5.73 Å². The standard InChI is InChI=1S/C19H27N3O3/c1-12(23)21-16(8-9-17(20)24)18(25)22-15-10-11-19(2,3)14-7-5-4-6-13(14)15/h4-7,15-16H,8-11H2,1-3H3,(H2,20,24)(H,21,23)(H,22,25)/t15-,16+/m1/s1. The first-order valence-corrected chi connectivity index (χ1v) is 8.66. The molecule has 6 heteroatoms. The molecular weight excluding hydrogens is 318 g/mol. The zero-order valence-electron chi connectivity index (χ0n) is 15.1. The number of hydrogen-bond acceptors (Lipinski definition) is 3. The van der Waals surface area contributed by atoms with Gasteiger partial charge in [0.05, 0.1) is 6.04 Å². The minimum atomic E-state index is -0.757. The maximum atomic E-state index is 12.7. The molecule has 0 heterocycles. The Morgan fingerprint density at radius 2 is 1.96 bits per heavy atom. The van der Waals surface area contributed by atoms with E-state index in [-0.39, 0.29) is 36.1 Å². The summed E-state index contributed by atoms with van der Waals surface area (Å²) in [5.41, 5.74) is 7.59. The van der Waals surface area contributed by atoms with Gasteiger partial charge in [-0.2, -0.15) is 0 Å². The second kappa shape index (κ2) is 7.68. The van der Waals surface area contributed by atoms with Gasteiger partial charge in [-0.05, 0) is 35.8 Å². The molecule has 1 aliphatic carbocycles. The summed E-state index contributed by atoms with van der Waals surface area (Å²) in [5.74, 6) is -1.08. The number of primary amides is 1. The molecule has 0 fully saturated rings. The van der Waals surface area contributed by atoms with Crippen molar-refractivity contribution < 1.29 is 14.4 Å². The predicted molar refractivity (Wildman–Crippen MR) is 95.6 cm³/mol. The molecule has 25 heavy (non-hydrogen) atoms. The minimum Gasteiger partial charge on any atom is -0.370 e. The summed E-state index contributed by atoms with van der Waals surface area (Å²) in [5, 5.41) is 5.64. The van der Waals surface area contributed by atoms with Crippen molar-refractivity contribution in [1.29, 1.82) is 0 Å². The van der Waals surface area contributed by atoms with Gasteiger partial charge in [-0.3, -0.25) is 14.4 Å². The lowest BCUT2D eigenvalue weighted by Gasteiger charge is -2.37. The van der Waals surface area contributed by atoms with Crippen LogP contribution in [0.4, 0.5) is 0 Å². The zero-order chi connectivity index (χ0) is 18.6.